The molecular formula is C16H13FN2O3. The monoisotopic (exact) mass is 300 g/mol. The molecule has 0 bridgehead atoms. The van der Waals surface area contributed by atoms with E-state index in [9.17, 15) is 9.18 Å². The van der Waals surface area contributed by atoms with E-state index in [-0.39, 0.29) is 12.4 Å². The van der Waals surface area contributed by atoms with E-state index >= 15 is 0 Å². The molecule has 0 saturated heterocycles. The van der Waals surface area contributed by atoms with Crippen molar-refractivity contribution < 1.29 is 18.7 Å². The molecule has 112 valence electrons. The Morgan fingerprint density at radius 1 is 1.18 bits per heavy atom. The maximum absolute atomic E-state index is 13.5. The molecule has 0 saturated carbocycles. The lowest BCUT2D eigenvalue weighted by atomic mass is 10.1. The minimum atomic E-state index is -0.599. The maximum Gasteiger partial charge on any atom is 0.274 e. The first-order valence-corrected chi connectivity index (χ1v) is 6.64. The van der Waals surface area contributed by atoms with E-state index in [1.165, 1.54) is 18.2 Å². The number of fused-ring (bicyclic) bond motifs is 1. The molecule has 0 aromatic heterocycles. The van der Waals surface area contributed by atoms with Gasteiger partial charge in [0.1, 0.15) is 5.82 Å². The number of benzene rings is 2. The molecule has 1 amide bonds. The number of hydrogen-bond acceptors (Lipinski definition) is 4. The second-order valence-corrected chi connectivity index (χ2v) is 4.69. The van der Waals surface area contributed by atoms with Crippen molar-refractivity contribution in [2.75, 3.05) is 6.79 Å². The van der Waals surface area contributed by atoms with Crippen LogP contribution in [0.25, 0.3) is 0 Å². The van der Waals surface area contributed by atoms with Gasteiger partial charge in [0, 0.05) is 5.56 Å². The summed E-state index contributed by atoms with van der Waals surface area (Å²) in [5, 5.41) is 3.99. The molecule has 0 radical (unpaired) electrons. The highest BCUT2D eigenvalue weighted by molar-refractivity contribution is 6.01. The third-order valence-electron chi connectivity index (χ3n) is 3.23. The SMILES string of the molecule is CC(=NNC(=O)c1ccccc1F)c1ccc2c(c1)OCO2. The highest BCUT2D eigenvalue weighted by Crippen LogP contribution is 2.32. The quantitative estimate of drug-likeness (QED) is 0.700. The van der Waals surface area contributed by atoms with Crippen LogP contribution in [-0.2, 0) is 0 Å². The number of carbonyl (C=O) groups is 1. The van der Waals surface area contributed by atoms with Gasteiger partial charge in [0.15, 0.2) is 11.5 Å². The smallest absolute Gasteiger partial charge is 0.274 e. The van der Waals surface area contributed by atoms with Gasteiger partial charge in [-0.15, -0.1) is 0 Å². The number of ether oxygens (including phenoxy) is 2. The fourth-order valence-electron chi connectivity index (χ4n) is 2.03. The van der Waals surface area contributed by atoms with Crippen molar-refractivity contribution in [1.29, 1.82) is 0 Å². The van der Waals surface area contributed by atoms with Gasteiger partial charge in [0.25, 0.3) is 5.91 Å². The van der Waals surface area contributed by atoms with Gasteiger partial charge in [-0.2, -0.15) is 5.10 Å². The molecule has 1 aliphatic rings. The fourth-order valence-corrected chi connectivity index (χ4v) is 2.03. The molecule has 22 heavy (non-hydrogen) atoms. The van der Waals surface area contributed by atoms with Gasteiger partial charge < -0.3 is 9.47 Å². The second-order valence-electron chi connectivity index (χ2n) is 4.69. The molecular weight excluding hydrogens is 287 g/mol. The summed E-state index contributed by atoms with van der Waals surface area (Å²) in [6.45, 7) is 1.93. The summed E-state index contributed by atoms with van der Waals surface area (Å²) in [6.07, 6.45) is 0. The maximum atomic E-state index is 13.5. The first-order chi connectivity index (χ1) is 10.6. The summed E-state index contributed by atoms with van der Waals surface area (Å²) >= 11 is 0. The minimum absolute atomic E-state index is 0.0512. The molecule has 3 rings (SSSR count). The molecule has 6 heteroatoms. The van der Waals surface area contributed by atoms with E-state index in [1.807, 2.05) is 6.07 Å². The van der Waals surface area contributed by atoms with Crippen molar-refractivity contribution in [3.05, 3.63) is 59.4 Å². The lowest BCUT2D eigenvalue weighted by molar-refractivity contribution is 0.0951. The molecule has 2 aromatic carbocycles. The minimum Gasteiger partial charge on any atom is -0.454 e. The Labute approximate surface area is 126 Å². The van der Waals surface area contributed by atoms with Gasteiger partial charge in [0.05, 0.1) is 11.3 Å². The second kappa shape index (κ2) is 5.85. The Bertz CT molecular complexity index is 759. The Balaban J connectivity index is 1.75. The summed E-state index contributed by atoms with van der Waals surface area (Å²) in [5.74, 6) is 0.119. The van der Waals surface area contributed by atoms with E-state index < -0.39 is 11.7 Å². The first kappa shape index (κ1) is 14.1. The molecule has 0 spiro atoms. The average Bonchev–Trinajstić information content (AvgIpc) is 3.00. The van der Waals surface area contributed by atoms with Crippen LogP contribution < -0.4 is 14.9 Å². The highest BCUT2D eigenvalue weighted by Gasteiger charge is 2.14. The zero-order chi connectivity index (χ0) is 15.5. The van der Waals surface area contributed by atoms with Crippen LogP contribution in [-0.4, -0.2) is 18.4 Å². The molecule has 1 N–H and O–H groups in total. The molecule has 1 aliphatic heterocycles. The Morgan fingerprint density at radius 2 is 1.95 bits per heavy atom. The van der Waals surface area contributed by atoms with E-state index in [4.69, 9.17) is 9.47 Å². The van der Waals surface area contributed by atoms with Crippen LogP contribution in [0.3, 0.4) is 0 Å². The van der Waals surface area contributed by atoms with Crippen molar-refractivity contribution in [3.8, 4) is 11.5 Å². The summed E-state index contributed by atoms with van der Waals surface area (Å²) in [4.78, 5) is 11.9. The van der Waals surface area contributed by atoms with Crippen LogP contribution >= 0.6 is 0 Å². The number of hydrazone groups is 1. The zero-order valence-electron chi connectivity index (χ0n) is 11.8. The van der Waals surface area contributed by atoms with Gasteiger partial charge in [-0.25, -0.2) is 9.82 Å². The van der Waals surface area contributed by atoms with Crippen molar-refractivity contribution in [2.24, 2.45) is 5.10 Å². The van der Waals surface area contributed by atoms with E-state index in [0.29, 0.717) is 17.2 Å². The van der Waals surface area contributed by atoms with Crippen LogP contribution in [0, 0.1) is 5.82 Å². The Kier molecular flexibility index (Phi) is 3.74. The fraction of sp³-hybridized carbons (Fsp3) is 0.125. The first-order valence-electron chi connectivity index (χ1n) is 6.64. The molecule has 0 aliphatic carbocycles. The third kappa shape index (κ3) is 2.76. The van der Waals surface area contributed by atoms with Crippen molar-refractivity contribution >= 4 is 11.6 Å². The largest absolute Gasteiger partial charge is 0.454 e. The topological polar surface area (TPSA) is 59.9 Å². The number of hydrogen-bond donors (Lipinski definition) is 1. The van der Waals surface area contributed by atoms with Crippen molar-refractivity contribution in [1.82, 2.24) is 5.43 Å². The number of halogens is 1. The number of amides is 1. The predicted molar refractivity (Wildman–Crippen MR) is 78.6 cm³/mol. The molecule has 2 aromatic rings. The summed E-state index contributed by atoms with van der Waals surface area (Å²) in [5.41, 5.74) is 3.64. The molecule has 0 fully saturated rings. The predicted octanol–water partition coefficient (Wildman–Crippen LogP) is 2.71. The van der Waals surface area contributed by atoms with Crippen molar-refractivity contribution in [3.63, 3.8) is 0 Å². The standard InChI is InChI=1S/C16H13FN2O3/c1-10(11-6-7-14-15(8-11)22-9-21-14)18-19-16(20)12-4-2-3-5-13(12)17/h2-8H,9H2,1H3,(H,19,20). The van der Waals surface area contributed by atoms with Crippen molar-refractivity contribution in [2.45, 2.75) is 6.92 Å². The van der Waals surface area contributed by atoms with Crippen LogP contribution in [0.15, 0.2) is 47.6 Å². The van der Waals surface area contributed by atoms with Gasteiger partial charge in [-0.3, -0.25) is 4.79 Å². The van der Waals surface area contributed by atoms with Crippen LogP contribution in [0.2, 0.25) is 0 Å². The lowest BCUT2D eigenvalue weighted by Gasteiger charge is -2.05. The summed E-state index contributed by atoms with van der Waals surface area (Å²) in [7, 11) is 0. The molecule has 1 heterocycles. The van der Waals surface area contributed by atoms with E-state index in [0.717, 1.165) is 5.56 Å². The summed E-state index contributed by atoms with van der Waals surface area (Å²) in [6, 6.07) is 11.1. The van der Waals surface area contributed by atoms with Gasteiger partial charge in [-0.1, -0.05) is 12.1 Å². The number of nitrogens with zero attached hydrogens (tertiary/aromatic N) is 1. The highest BCUT2D eigenvalue weighted by atomic mass is 19.1. The molecule has 0 atom stereocenters. The average molecular weight is 300 g/mol. The normalized spacial score (nSPS) is 13.1. The van der Waals surface area contributed by atoms with Gasteiger partial charge in [-0.05, 0) is 37.3 Å². The third-order valence-corrected chi connectivity index (χ3v) is 3.23. The van der Waals surface area contributed by atoms with E-state index in [1.54, 1.807) is 25.1 Å². The molecule has 0 unspecified atom stereocenters. The van der Waals surface area contributed by atoms with Crippen LogP contribution in [0.4, 0.5) is 4.39 Å². The van der Waals surface area contributed by atoms with E-state index in [2.05, 4.69) is 10.5 Å². The Hall–Kier alpha value is -2.89. The van der Waals surface area contributed by atoms with Crippen LogP contribution in [0.5, 0.6) is 11.5 Å². The number of nitrogens with one attached hydrogen (secondary N) is 1. The summed E-state index contributed by atoms with van der Waals surface area (Å²) < 4.78 is 24.0. The van der Waals surface area contributed by atoms with Gasteiger partial charge in [0.2, 0.25) is 6.79 Å². The zero-order valence-corrected chi connectivity index (χ0v) is 11.8. The molecule has 5 nitrogen and oxygen atoms in total. The van der Waals surface area contributed by atoms with Gasteiger partial charge >= 0.3 is 0 Å². The lowest BCUT2D eigenvalue weighted by Crippen LogP contribution is -2.20. The number of carbonyl (C=O) groups excluding carboxylic acids is 1. The number of rotatable bonds is 3. The van der Waals surface area contributed by atoms with Crippen LogP contribution in [0.1, 0.15) is 22.8 Å². The Morgan fingerprint density at radius 3 is 2.77 bits per heavy atom.